The van der Waals surface area contributed by atoms with Crippen LogP contribution in [-0.4, -0.2) is 4.92 Å². The molecule has 0 N–H and O–H groups in total. The summed E-state index contributed by atoms with van der Waals surface area (Å²) in [6, 6.07) is 6.51. The zero-order valence-corrected chi connectivity index (χ0v) is 8.26. The molecule has 0 unspecified atom stereocenters. The molecular formula is C8H6INO2. The molecule has 0 bridgehead atoms. The van der Waals surface area contributed by atoms with E-state index in [1.165, 1.54) is 12.1 Å². The lowest BCUT2D eigenvalue weighted by Crippen LogP contribution is -1.87. The second-order valence-corrected chi connectivity index (χ2v) is 2.86. The van der Waals surface area contributed by atoms with Gasteiger partial charge in [-0.1, -0.05) is 34.7 Å². The zero-order chi connectivity index (χ0) is 8.97. The second kappa shape index (κ2) is 4.20. The number of nitro benzene ring substituents is 1. The molecule has 0 heterocycles. The summed E-state index contributed by atoms with van der Waals surface area (Å²) < 4.78 is 1.82. The average molecular weight is 275 g/mol. The van der Waals surface area contributed by atoms with Gasteiger partial charge in [0.25, 0.3) is 5.69 Å². The Kier molecular flexibility index (Phi) is 3.21. The van der Waals surface area contributed by atoms with Gasteiger partial charge in [0.1, 0.15) is 0 Å². The highest BCUT2D eigenvalue weighted by Gasteiger charge is 2.02. The third-order valence-electron chi connectivity index (χ3n) is 1.34. The maximum absolute atomic E-state index is 10.3. The van der Waals surface area contributed by atoms with Crippen LogP contribution in [0.3, 0.4) is 0 Å². The van der Waals surface area contributed by atoms with Gasteiger partial charge in [-0.05, 0) is 15.7 Å². The standard InChI is InChI=1S/C8H6INO2/c9-5-4-7-2-1-3-8(6-7)10(11)12/h1-6H. The minimum absolute atomic E-state index is 0.127. The largest absolute Gasteiger partial charge is 0.270 e. The highest BCUT2D eigenvalue weighted by molar-refractivity contribution is 14.1. The molecule has 0 atom stereocenters. The molecule has 0 fully saturated rings. The predicted molar refractivity (Wildman–Crippen MR) is 56.2 cm³/mol. The van der Waals surface area contributed by atoms with E-state index in [1.54, 1.807) is 6.07 Å². The lowest BCUT2D eigenvalue weighted by molar-refractivity contribution is -0.384. The van der Waals surface area contributed by atoms with E-state index in [4.69, 9.17) is 0 Å². The van der Waals surface area contributed by atoms with E-state index in [0.29, 0.717) is 0 Å². The summed E-state index contributed by atoms with van der Waals surface area (Å²) in [7, 11) is 0. The third kappa shape index (κ3) is 2.30. The molecule has 1 aromatic carbocycles. The Hall–Kier alpha value is -0.910. The van der Waals surface area contributed by atoms with Gasteiger partial charge in [0.05, 0.1) is 4.92 Å². The Bertz CT molecular complexity index is 323. The van der Waals surface area contributed by atoms with Crippen LogP contribution in [0.4, 0.5) is 5.69 Å². The van der Waals surface area contributed by atoms with Crippen LogP contribution in [0.2, 0.25) is 0 Å². The van der Waals surface area contributed by atoms with E-state index in [-0.39, 0.29) is 5.69 Å². The van der Waals surface area contributed by atoms with Gasteiger partial charge in [-0.15, -0.1) is 0 Å². The van der Waals surface area contributed by atoms with Gasteiger partial charge in [0.2, 0.25) is 0 Å². The van der Waals surface area contributed by atoms with E-state index < -0.39 is 4.92 Å². The minimum atomic E-state index is -0.398. The van der Waals surface area contributed by atoms with Gasteiger partial charge >= 0.3 is 0 Å². The fourth-order valence-electron chi connectivity index (χ4n) is 0.815. The van der Waals surface area contributed by atoms with Crippen molar-refractivity contribution in [3.63, 3.8) is 0 Å². The van der Waals surface area contributed by atoms with Crippen molar-refractivity contribution in [2.75, 3.05) is 0 Å². The van der Waals surface area contributed by atoms with Gasteiger partial charge in [-0.25, -0.2) is 0 Å². The summed E-state index contributed by atoms with van der Waals surface area (Å²) in [6.07, 6.45) is 1.81. The molecule has 0 aliphatic heterocycles. The van der Waals surface area contributed by atoms with Gasteiger partial charge in [0.15, 0.2) is 0 Å². The molecule has 0 saturated heterocycles. The second-order valence-electron chi connectivity index (χ2n) is 2.14. The highest BCUT2D eigenvalue weighted by atomic mass is 127. The number of nitro groups is 1. The van der Waals surface area contributed by atoms with Gasteiger partial charge in [-0.3, -0.25) is 10.1 Å². The molecule has 1 rings (SSSR count). The van der Waals surface area contributed by atoms with Gasteiger partial charge < -0.3 is 0 Å². The predicted octanol–water partition coefficient (Wildman–Crippen LogP) is 3.00. The lowest BCUT2D eigenvalue weighted by atomic mass is 10.2. The van der Waals surface area contributed by atoms with Crippen molar-refractivity contribution in [1.29, 1.82) is 0 Å². The number of hydrogen-bond acceptors (Lipinski definition) is 2. The first-order valence-electron chi connectivity index (χ1n) is 3.25. The average Bonchev–Trinajstić information content (AvgIpc) is 2.05. The van der Waals surface area contributed by atoms with Gasteiger partial charge in [-0.2, -0.15) is 0 Å². The molecular weight excluding hydrogens is 269 g/mol. The summed E-state index contributed by atoms with van der Waals surface area (Å²) in [5.74, 6) is 0. The first-order chi connectivity index (χ1) is 5.74. The SMILES string of the molecule is O=[N+]([O-])c1cccc(C=CI)c1. The Morgan fingerprint density at radius 3 is 2.83 bits per heavy atom. The number of hydrogen-bond donors (Lipinski definition) is 0. The van der Waals surface area contributed by atoms with E-state index in [0.717, 1.165) is 5.56 Å². The summed E-state index contributed by atoms with van der Waals surface area (Å²) in [6.45, 7) is 0. The van der Waals surface area contributed by atoms with Crippen LogP contribution in [-0.2, 0) is 0 Å². The Morgan fingerprint density at radius 2 is 2.25 bits per heavy atom. The van der Waals surface area contributed by atoms with Crippen LogP contribution in [0.1, 0.15) is 5.56 Å². The van der Waals surface area contributed by atoms with Crippen LogP contribution in [0.15, 0.2) is 28.3 Å². The van der Waals surface area contributed by atoms with Gasteiger partial charge in [0, 0.05) is 12.1 Å². The van der Waals surface area contributed by atoms with E-state index in [1.807, 2.05) is 16.2 Å². The van der Waals surface area contributed by atoms with Crippen molar-refractivity contribution < 1.29 is 4.92 Å². The lowest BCUT2D eigenvalue weighted by Gasteiger charge is -1.92. The number of benzene rings is 1. The number of halogens is 1. The number of nitrogens with zero attached hydrogens (tertiary/aromatic N) is 1. The van der Waals surface area contributed by atoms with E-state index in [9.17, 15) is 10.1 Å². The van der Waals surface area contributed by atoms with E-state index in [2.05, 4.69) is 22.6 Å². The molecule has 0 saturated carbocycles. The Morgan fingerprint density at radius 1 is 1.50 bits per heavy atom. The molecule has 0 radical (unpaired) electrons. The summed E-state index contributed by atoms with van der Waals surface area (Å²) in [5, 5.41) is 10.3. The van der Waals surface area contributed by atoms with Crippen LogP contribution in [0.25, 0.3) is 6.08 Å². The van der Waals surface area contributed by atoms with Crippen LogP contribution < -0.4 is 0 Å². The number of non-ortho nitro benzene ring substituents is 1. The minimum Gasteiger partial charge on any atom is -0.258 e. The summed E-state index contributed by atoms with van der Waals surface area (Å²) in [4.78, 5) is 9.94. The van der Waals surface area contributed by atoms with Crippen molar-refractivity contribution >= 4 is 34.4 Å². The molecule has 0 aliphatic carbocycles. The number of rotatable bonds is 2. The van der Waals surface area contributed by atoms with Crippen LogP contribution in [0, 0.1) is 10.1 Å². The summed E-state index contributed by atoms with van der Waals surface area (Å²) in [5.41, 5.74) is 0.973. The first-order valence-corrected chi connectivity index (χ1v) is 4.50. The molecule has 0 aliphatic rings. The molecule has 12 heavy (non-hydrogen) atoms. The smallest absolute Gasteiger partial charge is 0.258 e. The third-order valence-corrected chi connectivity index (χ3v) is 1.70. The molecule has 3 nitrogen and oxygen atoms in total. The maximum Gasteiger partial charge on any atom is 0.270 e. The topological polar surface area (TPSA) is 43.1 Å². The van der Waals surface area contributed by atoms with Crippen molar-refractivity contribution in [2.24, 2.45) is 0 Å². The fourth-order valence-corrected chi connectivity index (χ4v) is 1.23. The van der Waals surface area contributed by atoms with Crippen molar-refractivity contribution in [3.05, 3.63) is 44.0 Å². The van der Waals surface area contributed by atoms with Crippen molar-refractivity contribution in [3.8, 4) is 0 Å². The summed E-state index contributed by atoms with van der Waals surface area (Å²) >= 11 is 2.07. The molecule has 4 heteroatoms. The molecule has 0 amide bonds. The van der Waals surface area contributed by atoms with Crippen LogP contribution in [0.5, 0.6) is 0 Å². The fraction of sp³-hybridized carbons (Fsp3) is 0. The van der Waals surface area contributed by atoms with Crippen molar-refractivity contribution in [1.82, 2.24) is 0 Å². The molecule has 0 aromatic heterocycles. The normalized spacial score (nSPS) is 10.4. The quantitative estimate of drug-likeness (QED) is 0.473. The van der Waals surface area contributed by atoms with Crippen LogP contribution >= 0.6 is 22.6 Å². The first kappa shape index (κ1) is 9.18. The zero-order valence-electron chi connectivity index (χ0n) is 6.11. The molecule has 0 spiro atoms. The Balaban J connectivity index is 3.03. The van der Waals surface area contributed by atoms with E-state index >= 15 is 0 Å². The highest BCUT2D eigenvalue weighted by Crippen LogP contribution is 2.14. The Labute approximate surface area is 83.4 Å². The molecule has 62 valence electrons. The monoisotopic (exact) mass is 275 g/mol. The van der Waals surface area contributed by atoms with Crippen molar-refractivity contribution in [2.45, 2.75) is 0 Å². The molecule has 1 aromatic rings. The maximum atomic E-state index is 10.3.